The van der Waals surface area contributed by atoms with E-state index in [2.05, 4.69) is 30.6 Å². The van der Waals surface area contributed by atoms with Gasteiger partial charge in [-0.15, -0.1) is 0 Å². The number of rotatable bonds is 12. The Morgan fingerprint density at radius 1 is 0.955 bits per heavy atom. The molecule has 2 aromatic carbocycles. The van der Waals surface area contributed by atoms with Crippen molar-refractivity contribution >= 4 is 45.8 Å². The lowest BCUT2D eigenvalue weighted by atomic mass is 9.85. The van der Waals surface area contributed by atoms with Crippen molar-refractivity contribution in [2.75, 3.05) is 44.2 Å². The fraction of sp³-hybridized carbons (Fsp3) is 0.543. The van der Waals surface area contributed by atoms with Gasteiger partial charge in [-0.3, -0.25) is 19.1 Å². The Bertz CT molecular complexity index is 1480. The van der Waals surface area contributed by atoms with Crippen molar-refractivity contribution in [3.63, 3.8) is 0 Å². The van der Waals surface area contributed by atoms with Gasteiger partial charge in [-0.05, 0) is 66.9 Å². The van der Waals surface area contributed by atoms with E-state index in [1.807, 2.05) is 57.2 Å². The fourth-order valence-electron chi connectivity index (χ4n) is 5.89. The summed E-state index contributed by atoms with van der Waals surface area (Å²) in [4.78, 5) is 31.0. The van der Waals surface area contributed by atoms with Gasteiger partial charge in [0.05, 0.1) is 33.8 Å². The summed E-state index contributed by atoms with van der Waals surface area (Å²) >= 11 is 12.6. The molecule has 2 heterocycles. The van der Waals surface area contributed by atoms with Crippen molar-refractivity contribution in [1.82, 2.24) is 9.47 Å². The van der Waals surface area contributed by atoms with Crippen LogP contribution in [-0.4, -0.2) is 54.8 Å². The molecule has 0 aliphatic carbocycles. The monoisotopic (exact) mass is 643 g/mol. The van der Waals surface area contributed by atoms with Crippen LogP contribution in [0.5, 0.6) is 5.75 Å². The molecule has 0 amide bonds. The number of unbranched alkanes of at least 4 members (excludes halogenated alkanes) is 1. The van der Waals surface area contributed by atoms with E-state index < -0.39 is 6.23 Å². The lowest BCUT2D eigenvalue weighted by Crippen LogP contribution is -2.46. The van der Waals surface area contributed by atoms with Crippen molar-refractivity contribution in [3.8, 4) is 5.75 Å². The molecule has 0 saturated carbocycles. The first-order valence-electron chi connectivity index (χ1n) is 15.7. The van der Waals surface area contributed by atoms with Crippen molar-refractivity contribution in [2.24, 2.45) is 17.3 Å². The first-order valence-corrected chi connectivity index (χ1v) is 16.5. The van der Waals surface area contributed by atoms with E-state index >= 15 is 0 Å². The number of carbonyl (C=O) groups excluding carboxylic acids is 1. The van der Waals surface area contributed by atoms with Gasteiger partial charge in [0.2, 0.25) is 0 Å². The molecule has 2 unspecified atom stereocenters. The average Bonchev–Trinajstić information content (AvgIpc) is 2.96. The summed E-state index contributed by atoms with van der Waals surface area (Å²) in [6.07, 6.45) is 1.92. The fourth-order valence-corrected chi connectivity index (χ4v) is 6.30. The van der Waals surface area contributed by atoms with Crippen molar-refractivity contribution in [2.45, 2.75) is 67.0 Å². The molecule has 1 aliphatic rings. The summed E-state index contributed by atoms with van der Waals surface area (Å²) in [7, 11) is 0. The minimum atomic E-state index is -0.716. The highest BCUT2D eigenvalue weighted by atomic mass is 35.5. The van der Waals surface area contributed by atoms with Gasteiger partial charge in [0.25, 0.3) is 5.56 Å². The Kier molecular flexibility index (Phi) is 11.7. The van der Waals surface area contributed by atoms with Crippen molar-refractivity contribution < 1.29 is 14.3 Å². The third-order valence-corrected chi connectivity index (χ3v) is 8.88. The lowest BCUT2D eigenvalue weighted by molar-refractivity contribution is -0.162. The minimum Gasteiger partial charge on any atom is -0.494 e. The van der Waals surface area contributed by atoms with Crippen LogP contribution in [0.1, 0.15) is 67.0 Å². The first-order chi connectivity index (χ1) is 20.8. The predicted molar refractivity (Wildman–Crippen MR) is 181 cm³/mol. The van der Waals surface area contributed by atoms with Crippen molar-refractivity contribution in [3.05, 3.63) is 68.9 Å². The van der Waals surface area contributed by atoms with Crippen LogP contribution >= 0.6 is 23.2 Å². The van der Waals surface area contributed by atoms with Gasteiger partial charge >= 0.3 is 5.97 Å². The molecule has 44 heavy (non-hydrogen) atoms. The van der Waals surface area contributed by atoms with Crippen molar-refractivity contribution in [1.29, 1.82) is 0 Å². The number of aromatic nitrogens is 1. The number of hydrogen-bond donors (Lipinski definition) is 0. The van der Waals surface area contributed by atoms with Crippen LogP contribution in [0.4, 0.5) is 5.69 Å². The molecular formula is C35H47Cl2N3O4. The normalized spacial score (nSPS) is 15.9. The highest BCUT2D eigenvalue weighted by molar-refractivity contribution is 6.43. The van der Waals surface area contributed by atoms with Gasteiger partial charge in [0.1, 0.15) is 5.75 Å². The number of carbonyl (C=O) groups is 1. The van der Waals surface area contributed by atoms with Gasteiger partial charge in [-0.2, -0.15) is 0 Å². The summed E-state index contributed by atoms with van der Waals surface area (Å²) in [6, 6.07) is 14.9. The number of benzene rings is 2. The van der Waals surface area contributed by atoms with Gasteiger partial charge < -0.3 is 14.4 Å². The molecule has 0 radical (unpaired) electrons. The summed E-state index contributed by atoms with van der Waals surface area (Å²) in [5, 5.41) is 2.10. The van der Waals surface area contributed by atoms with Gasteiger partial charge in [-0.25, -0.2) is 0 Å². The average molecular weight is 645 g/mol. The maximum atomic E-state index is 13.2. The smallest absolute Gasteiger partial charge is 0.310 e. The number of fused-ring (bicyclic) bond motifs is 1. The molecule has 1 fully saturated rings. The summed E-state index contributed by atoms with van der Waals surface area (Å²) < 4.78 is 13.7. The second kappa shape index (κ2) is 15.0. The second-order valence-electron chi connectivity index (χ2n) is 13.5. The van der Waals surface area contributed by atoms with E-state index in [1.54, 1.807) is 10.6 Å². The topological polar surface area (TPSA) is 64.0 Å². The van der Waals surface area contributed by atoms with Crippen LogP contribution in [0.25, 0.3) is 10.9 Å². The van der Waals surface area contributed by atoms with Crippen LogP contribution in [0.2, 0.25) is 10.0 Å². The van der Waals surface area contributed by atoms with Crippen LogP contribution in [0, 0.1) is 17.3 Å². The number of nitrogens with zero attached hydrogens (tertiary/aromatic N) is 3. The number of ether oxygens (including phenoxy) is 2. The van der Waals surface area contributed by atoms with E-state index in [9.17, 15) is 9.59 Å². The molecule has 1 aliphatic heterocycles. The molecule has 1 saturated heterocycles. The number of piperazine rings is 1. The molecular weight excluding hydrogens is 597 g/mol. The molecule has 240 valence electrons. The van der Waals surface area contributed by atoms with Gasteiger partial charge in [-0.1, -0.05) is 70.8 Å². The molecule has 7 nitrogen and oxygen atoms in total. The summed E-state index contributed by atoms with van der Waals surface area (Å²) in [5.74, 6) is 0.0348. The van der Waals surface area contributed by atoms with E-state index in [4.69, 9.17) is 32.7 Å². The highest BCUT2D eigenvalue weighted by Gasteiger charge is 2.28. The highest BCUT2D eigenvalue weighted by Crippen LogP contribution is 2.33. The Morgan fingerprint density at radius 2 is 1.66 bits per heavy atom. The Morgan fingerprint density at radius 3 is 2.34 bits per heavy atom. The quantitative estimate of drug-likeness (QED) is 0.147. The molecule has 1 aromatic heterocycles. The zero-order chi connectivity index (χ0) is 32.0. The van der Waals surface area contributed by atoms with E-state index in [-0.39, 0.29) is 28.8 Å². The molecule has 9 heteroatoms. The maximum absolute atomic E-state index is 13.2. The van der Waals surface area contributed by atoms with Crippen LogP contribution < -0.4 is 15.2 Å². The van der Waals surface area contributed by atoms with E-state index in [1.165, 1.54) is 6.07 Å². The number of esters is 1. The van der Waals surface area contributed by atoms with Gasteiger partial charge in [0.15, 0.2) is 6.23 Å². The SMILES string of the molecule is CC(CC(C)(C)C)C(=O)OC(C(C)C)n1c(=O)ccc2ccc(OCCCCN3CCN(c4cccc(Cl)c4Cl)CC3)cc21. The Balaban J connectivity index is 1.33. The number of pyridine rings is 1. The zero-order valence-electron chi connectivity index (χ0n) is 26.9. The molecule has 4 rings (SSSR count). The number of hydrogen-bond acceptors (Lipinski definition) is 6. The van der Waals surface area contributed by atoms with Crippen LogP contribution in [-0.2, 0) is 9.53 Å². The lowest BCUT2D eigenvalue weighted by Gasteiger charge is -2.36. The summed E-state index contributed by atoms with van der Waals surface area (Å²) in [6.45, 7) is 17.5. The minimum absolute atomic E-state index is 0.00428. The van der Waals surface area contributed by atoms with Crippen LogP contribution in [0.3, 0.4) is 0 Å². The maximum Gasteiger partial charge on any atom is 0.310 e. The largest absolute Gasteiger partial charge is 0.494 e. The molecule has 3 aromatic rings. The second-order valence-corrected chi connectivity index (χ2v) is 14.2. The molecule has 2 atom stereocenters. The summed E-state index contributed by atoms with van der Waals surface area (Å²) in [5.41, 5.74) is 1.49. The predicted octanol–water partition coefficient (Wildman–Crippen LogP) is 8.06. The third kappa shape index (κ3) is 8.92. The van der Waals surface area contributed by atoms with E-state index in [0.29, 0.717) is 34.3 Å². The Labute approximate surface area is 272 Å². The van der Waals surface area contributed by atoms with Crippen LogP contribution in [0.15, 0.2) is 53.3 Å². The molecule has 0 N–H and O–H groups in total. The number of halogens is 2. The Hall–Kier alpha value is -2.74. The van der Waals surface area contributed by atoms with E-state index in [0.717, 1.165) is 56.6 Å². The first kappa shape index (κ1) is 34.1. The molecule has 0 bridgehead atoms. The third-order valence-electron chi connectivity index (χ3n) is 8.07. The molecule has 0 spiro atoms. The zero-order valence-corrected chi connectivity index (χ0v) is 28.5. The number of anilines is 1. The standard InChI is InChI=1S/C35H47Cl2N3O4/c1-24(2)33(44-34(42)25(3)23-35(4,5)6)40-30-22-27(14-12-26(30)13-15-31(40)41)43-21-8-7-16-38-17-19-39(20-18-38)29-11-9-10-28(36)32(29)37/h9-15,22,24-25,33H,7-8,16-21,23H2,1-6H3. The van der Waals surface area contributed by atoms with Gasteiger partial charge in [0, 0.05) is 44.2 Å².